The number of hydrogen-bond donors (Lipinski definition) is 1. The molecule has 0 spiro atoms. The third-order valence-electron chi connectivity index (χ3n) is 2.55. The van der Waals surface area contributed by atoms with Crippen molar-refractivity contribution in [1.29, 1.82) is 0 Å². The Morgan fingerprint density at radius 2 is 2.27 bits per heavy atom. The minimum atomic E-state index is 0.973. The molecule has 0 aliphatic carbocycles. The highest BCUT2D eigenvalue weighted by atomic mass is 79.9. The molecule has 15 heavy (non-hydrogen) atoms. The number of halogens is 1. The lowest BCUT2D eigenvalue weighted by atomic mass is 10.1. The van der Waals surface area contributed by atoms with Crippen molar-refractivity contribution in [1.82, 2.24) is 15.1 Å². The summed E-state index contributed by atoms with van der Waals surface area (Å²) >= 11 is 3.52. The minimum absolute atomic E-state index is 0.973. The van der Waals surface area contributed by atoms with Crippen molar-refractivity contribution < 1.29 is 0 Å². The van der Waals surface area contributed by atoms with Gasteiger partial charge in [0.05, 0.1) is 0 Å². The predicted octanol–water partition coefficient (Wildman–Crippen LogP) is 2.10. The largest absolute Gasteiger partial charge is 0.319 e. The molecule has 4 heteroatoms. The second-order valence-corrected chi connectivity index (χ2v) is 4.41. The summed E-state index contributed by atoms with van der Waals surface area (Å²) in [5.41, 5.74) is 2.33. The van der Waals surface area contributed by atoms with Crippen LogP contribution in [0.5, 0.6) is 0 Å². The number of nitrogens with zero attached hydrogens (tertiary/aromatic N) is 2. The zero-order valence-electron chi connectivity index (χ0n) is 8.92. The molecule has 0 bridgehead atoms. The summed E-state index contributed by atoms with van der Waals surface area (Å²) in [6.07, 6.45) is 1.000. The highest BCUT2D eigenvalue weighted by Gasteiger charge is 2.09. The second-order valence-electron chi connectivity index (χ2n) is 3.56. The van der Waals surface area contributed by atoms with Crippen LogP contribution in [-0.4, -0.2) is 23.4 Å². The van der Waals surface area contributed by atoms with Gasteiger partial charge in [-0.2, -0.15) is 5.10 Å². The SMILES string of the molecule is CNCCc1c2cccc(Br)c2nn1C. The van der Waals surface area contributed by atoms with E-state index in [0.717, 1.165) is 23.0 Å². The van der Waals surface area contributed by atoms with E-state index in [4.69, 9.17) is 0 Å². The first kappa shape index (κ1) is 10.6. The summed E-state index contributed by atoms with van der Waals surface area (Å²) in [7, 11) is 3.96. The fraction of sp³-hybridized carbons (Fsp3) is 0.364. The number of hydrogen-bond acceptors (Lipinski definition) is 2. The smallest absolute Gasteiger partial charge is 0.107 e. The van der Waals surface area contributed by atoms with Crippen LogP contribution in [0.2, 0.25) is 0 Å². The molecule has 3 nitrogen and oxygen atoms in total. The standard InChI is InChI=1S/C11H14BrN3/c1-13-7-6-10-8-4-3-5-9(12)11(8)14-15(10)2/h3-5,13H,6-7H2,1-2H3. The molecular weight excluding hydrogens is 254 g/mol. The quantitative estimate of drug-likeness (QED) is 0.923. The molecule has 1 aromatic carbocycles. The van der Waals surface area contributed by atoms with Crippen molar-refractivity contribution in [3.63, 3.8) is 0 Å². The molecule has 0 fully saturated rings. The van der Waals surface area contributed by atoms with Gasteiger partial charge in [0.1, 0.15) is 5.52 Å². The summed E-state index contributed by atoms with van der Waals surface area (Å²) in [5.74, 6) is 0. The Bertz CT molecular complexity index is 476. The minimum Gasteiger partial charge on any atom is -0.319 e. The summed E-state index contributed by atoms with van der Waals surface area (Å²) in [4.78, 5) is 0. The summed E-state index contributed by atoms with van der Waals surface area (Å²) in [6.45, 7) is 0.973. The Kier molecular flexibility index (Phi) is 3.07. The van der Waals surface area contributed by atoms with Crippen molar-refractivity contribution in [2.45, 2.75) is 6.42 Å². The van der Waals surface area contributed by atoms with Crippen LogP contribution < -0.4 is 5.32 Å². The third-order valence-corrected chi connectivity index (χ3v) is 3.19. The Labute approximate surface area is 97.6 Å². The molecule has 2 rings (SSSR count). The average Bonchev–Trinajstić information content (AvgIpc) is 2.54. The molecule has 0 aliphatic rings. The maximum Gasteiger partial charge on any atom is 0.107 e. The number of likely N-dealkylation sites (N-methyl/N-ethyl adjacent to an activating group) is 1. The van der Waals surface area contributed by atoms with Crippen molar-refractivity contribution in [2.75, 3.05) is 13.6 Å². The monoisotopic (exact) mass is 267 g/mol. The van der Waals surface area contributed by atoms with Gasteiger partial charge in [-0.3, -0.25) is 4.68 Å². The average molecular weight is 268 g/mol. The highest BCUT2D eigenvalue weighted by molar-refractivity contribution is 9.10. The van der Waals surface area contributed by atoms with Gasteiger partial charge in [-0.25, -0.2) is 0 Å². The van der Waals surface area contributed by atoms with Crippen LogP contribution in [-0.2, 0) is 13.5 Å². The second kappa shape index (κ2) is 4.33. The molecule has 0 atom stereocenters. The molecule has 80 valence electrons. The lowest BCUT2D eigenvalue weighted by Gasteiger charge is -2.01. The molecule has 0 amide bonds. The zero-order valence-corrected chi connectivity index (χ0v) is 10.5. The van der Waals surface area contributed by atoms with Gasteiger partial charge in [-0.1, -0.05) is 12.1 Å². The number of rotatable bonds is 3. The van der Waals surface area contributed by atoms with Gasteiger partial charge in [0.25, 0.3) is 0 Å². The number of fused-ring (bicyclic) bond motifs is 1. The first-order valence-corrected chi connectivity index (χ1v) is 5.78. The normalized spacial score (nSPS) is 11.1. The van der Waals surface area contributed by atoms with Gasteiger partial charge < -0.3 is 5.32 Å². The van der Waals surface area contributed by atoms with E-state index in [2.05, 4.69) is 38.5 Å². The topological polar surface area (TPSA) is 29.9 Å². The first-order valence-electron chi connectivity index (χ1n) is 4.98. The zero-order chi connectivity index (χ0) is 10.8. The Balaban J connectivity index is 2.53. The number of aromatic nitrogens is 2. The Hall–Kier alpha value is -0.870. The van der Waals surface area contributed by atoms with Crippen LogP contribution in [0.15, 0.2) is 22.7 Å². The van der Waals surface area contributed by atoms with Crippen LogP contribution in [0.1, 0.15) is 5.69 Å². The van der Waals surface area contributed by atoms with Crippen LogP contribution in [0.4, 0.5) is 0 Å². The fourth-order valence-electron chi connectivity index (χ4n) is 1.77. The van der Waals surface area contributed by atoms with E-state index in [1.807, 2.05) is 24.8 Å². The maximum absolute atomic E-state index is 4.51. The summed E-state index contributed by atoms with van der Waals surface area (Å²) < 4.78 is 3.03. The van der Waals surface area contributed by atoms with E-state index >= 15 is 0 Å². The van der Waals surface area contributed by atoms with Crippen molar-refractivity contribution in [2.24, 2.45) is 7.05 Å². The van der Waals surface area contributed by atoms with Gasteiger partial charge >= 0.3 is 0 Å². The molecular formula is C11H14BrN3. The van der Waals surface area contributed by atoms with E-state index in [1.54, 1.807) is 0 Å². The van der Waals surface area contributed by atoms with Crippen LogP contribution >= 0.6 is 15.9 Å². The summed E-state index contributed by atoms with van der Waals surface area (Å²) in [5, 5.41) is 8.91. The molecule has 0 unspecified atom stereocenters. The molecule has 0 radical (unpaired) electrons. The van der Waals surface area contributed by atoms with Crippen molar-refractivity contribution >= 4 is 26.8 Å². The molecule has 0 aliphatic heterocycles. The van der Waals surface area contributed by atoms with Crippen LogP contribution in [0.25, 0.3) is 10.9 Å². The fourth-order valence-corrected chi connectivity index (χ4v) is 2.22. The van der Waals surface area contributed by atoms with Gasteiger partial charge in [0, 0.05) is 35.6 Å². The summed E-state index contributed by atoms with van der Waals surface area (Å²) in [6, 6.07) is 6.20. The van der Waals surface area contributed by atoms with Gasteiger partial charge in [0.15, 0.2) is 0 Å². The molecule has 1 N–H and O–H groups in total. The van der Waals surface area contributed by atoms with Crippen molar-refractivity contribution in [3.05, 3.63) is 28.4 Å². The number of nitrogens with one attached hydrogen (secondary N) is 1. The Morgan fingerprint density at radius 3 is 3.00 bits per heavy atom. The molecule has 1 aromatic heterocycles. The van der Waals surface area contributed by atoms with Gasteiger partial charge in [0.2, 0.25) is 0 Å². The number of aryl methyl sites for hydroxylation is 1. The molecule has 2 aromatic rings. The van der Waals surface area contributed by atoms with Crippen LogP contribution in [0.3, 0.4) is 0 Å². The Morgan fingerprint density at radius 1 is 1.47 bits per heavy atom. The van der Waals surface area contributed by atoms with E-state index in [9.17, 15) is 0 Å². The van der Waals surface area contributed by atoms with Crippen LogP contribution in [0, 0.1) is 0 Å². The predicted molar refractivity (Wildman–Crippen MR) is 66.0 cm³/mol. The van der Waals surface area contributed by atoms with E-state index < -0.39 is 0 Å². The van der Waals surface area contributed by atoms with E-state index in [0.29, 0.717) is 0 Å². The van der Waals surface area contributed by atoms with Gasteiger partial charge in [-0.05, 0) is 29.0 Å². The third kappa shape index (κ3) is 1.92. The van der Waals surface area contributed by atoms with Crippen molar-refractivity contribution in [3.8, 4) is 0 Å². The molecule has 0 saturated carbocycles. The van der Waals surface area contributed by atoms with E-state index in [-0.39, 0.29) is 0 Å². The molecule has 0 saturated heterocycles. The number of benzene rings is 1. The molecule has 1 heterocycles. The first-order chi connectivity index (χ1) is 7.24. The van der Waals surface area contributed by atoms with E-state index in [1.165, 1.54) is 11.1 Å². The maximum atomic E-state index is 4.51. The lowest BCUT2D eigenvalue weighted by Crippen LogP contribution is -2.12. The van der Waals surface area contributed by atoms with Gasteiger partial charge in [-0.15, -0.1) is 0 Å². The lowest BCUT2D eigenvalue weighted by molar-refractivity contribution is 0.688. The highest BCUT2D eigenvalue weighted by Crippen LogP contribution is 2.25.